The number of unbranched alkanes of at least 4 members (excludes halogenated alkanes) is 1. The number of hydrogen-bond acceptors (Lipinski definition) is 4. The Balaban J connectivity index is 2.28. The second-order valence-corrected chi connectivity index (χ2v) is 5.29. The highest BCUT2D eigenvalue weighted by Crippen LogP contribution is 2.07. The normalized spacial score (nSPS) is 12.0. The molecule has 0 spiro atoms. The van der Waals surface area contributed by atoms with Gasteiger partial charge in [0.2, 0.25) is 0 Å². The summed E-state index contributed by atoms with van der Waals surface area (Å²) in [6.45, 7) is 10.6. The molecule has 0 fully saturated rings. The highest BCUT2D eigenvalue weighted by atomic mass is 16.5. The fraction of sp³-hybridized carbons (Fsp3) is 0.769. The van der Waals surface area contributed by atoms with Gasteiger partial charge in [0.25, 0.3) is 0 Å². The van der Waals surface area contributed by atoms with Gasteiger partial charge in [-0.25, -0.2) is 0 Å². The molecule has 0 aliphatic heterocycles. The minimum absolute atomic E-state index is 0.0940. The summed E-state index contributed by atoms with van der Waals surface area (Å²) in [5.41, 5.74) is 1.02. The molecule has 0 aliphatic rings. The van der Waals surface area contributed by atoms with E-state index in [9.17, 15) is 0 Å². The smallest absolute Gasteiger partial charge is 0.162 e. The Labute approximate surface area is 104 Å². The van der Waals surface area contributed by atoms with Crippen LogP contribution in [0.3, 0.4) is 0 Å². The van der Waals surface area contributed by atoms with Crippen molar-refractivity contribution >= 4 is 0 Å². The molecule has 0 atom stereocenters. The topological polar surface area (TPSA) is 47.3 Å². The summed E-state index contributed by atoms with van der Waals surface area (Å²) in [5.74, 6) is 0.798. The van der Waals surface area contributed by atoms with Crippen molar-refractivity contribution in [2.45, 2.75) is 59.2 Å². The van der Waals surface area contributed by atoms with Crippen molar-refractivity contribution in [1.29, 1.82) is 0 Å². The summed E-state index contributed by atoms with van der Waals surface area (Å²) in [4.78, 5) is 0. The van der Waals surface area contributed by atoms with E-state index < -0.39 is 0 Å². The summed E-state index contributed by atoms with van der Waals surface area (Å²) in [7, 11) is 0. The molecule has 4 heteroatoms. The van der Waals surface area contributed by atoms with Gasteiger partial charge in [-0.1, -0.05) is 18.5 Å². The molecule has 17 heavy (non-hydrogen) atoms. The maximum absolute atomic E-state index is 5.46. The minimum atomic E-state index is 0.0940. The molecule has 0 amide bonds. The first-order valence-electron chi connectivity index (χ1n) is 6.28. The zero-order valence-electron chi connectivity index (χ0n) is 11.4. The van der Waals surface area contributed by atoms with Gasteiger partial charge in [0.15, 0.2) is 5.76 Å². The first-order valence-corrected chi connectivity index (χ1v) is 6.28. The predicted octanol–water partition coefficient (Wildman–Crippen LogP) is 2.88. The summed E-state index contributed by atoms with van der Waals surface area (Å²) >= 11 is 0. The van der Waals surface area contributed by atoms with Crippen LogP contribution in [0.25, 0.3) is 0 Å². The van der Waals surface area contributed by atoms with Crippen molar-refractivity contribution in [2.75, 3.05) is 6.61 Å². The number of nitrogens with zero attached hydrogens (tertiary/aromatic N) is 1. The van der Waals surface area contributed by atoms with E-state index in [1.54, 1.807) is 0 Å². The van der Waals surface area contributed by atoms with Crippen LogP contribution in [0, 0.1) is 0 Å². The van der Waals surface area contributed by atoms with Gasteiger partial charge in [0.05, 0.1) is 5.69 Å². The van der Waals surface area contributed by atoms with Gasteiger partial charge < -0.3 is 14.6 Å². The summed E-state index contributed by atoms with van der Waals surface area (Å²) in [6, 6.07) is 1.95. The lowest BCUT2D eigenvalue weighted by molar-refractivity contribution is 0.0986. The predicted molar refractivity (Wildman–Crippen MR) is 67.7 cm³/mol. The fourth-order valence-electron chi connectivity index (χ4n) is 1.28. The van der Waals surface area contributed by atoms with E-state index in [0.717, 1.165) is 37.4 Å². The summed E-state index contributed by atoms with van der Waals surface area (Å²) in [5, 5.41) is 7.37. The lowest BCUT2D eigenvalue weighted by atomic mass is 10.1. The molecule has 0 saturated heterocycles. The quantitative estimate of drug-likeness (QED) is 0.744. The first-order chi connectivity index (χ1) is 8.01. The average molecular weight is 240 g/mol. The Morgan fingerprint density at radius 3 is 2.82 bits per heavy atom. The minimum Gasteiger partial charge on any atom is -0.373 e. The number of aromatic nitrogens is 1. The van der Waals surface area contributed by atoms with Crippen LogP contribution in [0.1, 0.15) is 52.0 Å². The highest BCUT2D eigenvalue weighted by Gasteiger charge is 2.10. The molecular weight excluding hydrogens is 216 g/mol. The second-order valence-electron chi connectivity index (χ2n) is 5.29. The lowest BCUT2D eigenvalue weighted by Crippen LogP contribution is -2.35. The van der Waals surface area contributed by atoms with Crippen molar-refractivity contribution in [3.05, 3.63) is 17.5 Å². The van der Waals surface area contributed by atoms with Crippen LogP contribution >= 0.6 is 0 Å². The van der Waals surface area contributed by atoms with E-state index in [-0.39, 0.29) is 5.54 Å². The molecule has 98 valence electrons. The molecule has 0 radical (unpaired) electrons. The fourth-order valence-corrected chi connectivity index (χ4v) is 1.28. The molecule has 0 aromatic carbocycles. The molecule has 0 aliphatic carbocycles. The van der Waals surface area contributed by atoms with Gasteiger partial charge in [-0.05, 0) is 27.2 Å². The maximum atomic E-state index is 5.46. The van der Waals surface area contributed by atoms with Crippen LogP contribution in [-0.4, -0.2) is 17.3 Å². The van der Waals surface area contributed by atoms with Crippen molar-refractivity contribution in [1.82, 2.24) is 10.5 Å². The van der Waals surface area contributed by atoms with Crippen LogP contribution in [0.2, 0.25) is 0 Å². The Hall–Kier alpha value is -0.870. The SMILES string of the molecule is CCCCOCc1cc(CNC(C)(C)C)no1. The van der Waals surface area contributed by atoms with Gasteiger partial charge in [-0.2, -0.15) is 0 Å². The van der Waals surface area contributed by atoms with Crippen LogP contribution in [0.15, 0.2) is 10.6 Å². The van der Waals surface area contributed by atoms with Crippen molar-refractivity contribution < 1.29 is 9.26 Å². The summed E-state index contributed by atoms with van der Waals surface area (Å²) in [6.07, 6.45) is 2.24. The number of hydrogen-bond donors (Lipinski definition) is 1. The van der Waals surface area contributed by atoms with E-state index in [1.807, 2.05) is 6.07 Å². The number of rotatable bonds is 7. The van der Waals surface area contributed by atoms with Crippen molar-refractivity contribution in [3.8, 4) is 0 Å². The molecule has 0 bridgehead atoms. The molecule has 0 saturated carbocycles. The zero-order chi connectivity index (χ0) is 12.7. The molecule has 4 nitrogen and oxygen atoms in total. The van der Waals surface area contributed by atoms with E-state index >= 15 is 0 Å². The van der Waals surface area contributed by atoms with E-state index in [4.69, 9.17) is 9.26 Å². The molecule has 1 heterocycles. The third kappa shape index (κ3) is 6.44. The van der Waals surface area contributed by atoms with Gasteiger partial charge >= 0.3 is 0 Å². The van der Waals surface area contributed by atoms with Crippen LogP contribution in [-0.2, 0) is 17.9 Å². The van der Waals surface area contributed by atoms with Gasteiger partial charge in [0.1, 0.15) is 6.61 Å². The van der Waals surface area contributed by atoms with Gasteiger partial charge in [0, 0.05) is 24.8 Å². The van der Waals surface area contributed by atoms with Crippen LogP contribution in [0.4, 0.5) is 0 Å². The van der Waals surface area contributed by atoms with Gasteiger partial charge in [-0.15, -0.1) is 0 Å². The molecule has 0 unspecified atom stereocenters. The highest BCUT2D eigenvalue weighted by molar-refractivity contribution is 5.04. The average Bonchev–Trinajstić information content (AvgIpc) is 2.69. The van der Waals surface area contributed by atoms with Crippen LogP contribution in [0.5, 0.6) is 0 Å². The Morgan fingerprint density at radius 2 is 2.18 bits per heavy atom. The Morgan fingerprint density at radius 1 is 1.41 bits per heavy atom. The third-order valence-corrected chi connectivity index (χ3v) is 2.29. The van der Waals surface area contributed by atoms with Crippen molar-refractivity contribution in [3.63, 3.8) is 0 Å². The maximum Gasteiger partial charge on any atom is 0.162 e. The lowest BCUT2D eigenvalue weighted by Gasteiger charge is -2.19. The first kappa shape index (κ1) is 14.2. The van der Waals surface area contributed by atoms with E-state index in [1.165, 1.54) is 0 Å². The summed E-state index contributed by atoms with van der Waals surface area (Å²) < 4.78 is 10.7. The Bertz CT molecular complexity index is 315. The largest absolute Gasteiger partial charge is 0.373 e. The monoisotopic (exact) mass is 240 g/mol. The van der Waals surface area contributed by atoms with Crippen molar-refractivity contribution in [2.24, 2.45) is 0 Å². The number of nitrogens with one attached hydrogen (secondary N) is 1. The molecule has 1 aromatic rings. The Kier molecular flexibility index (Phi) is 5.65. The van der Waals surface area contributed by atoms with Crippen LogP contribution < -0.4 is 5.32 Å². The van der Waals surface area contributed by atoms with Gasteiger partial charge in [-0.3, -0.25) is 0 Å². The second kappa shape index (κ2) is 6.77. The molecule has 1 N–H and O–H groups in total. The molecule has 1 rings (SSSR count). The number of ether oxygens (including phenoxy) is 1. The third-order valence-electron chi connectivity index (χ3n) is 2.29. The van der Waals surface area contributed by atoms with E-state index in [0.29, 0.717) is 6.61 Å². The molecular formula is C13H24N2O2. The van der Waals surface area contributed by atoms with E-state index in [2.05, 4.69) is 38.2 Å². The standard InChI is InChI=1S/C13H24N2O2/c1-5-6-7-16-10-12-8-11(15-17-12)9-14-13(2,3)4/h8,14H,5-7,9-10H2,1-4H3. The molecule has 1 aromatic heterocycles. The zero-order valence-corrected chi connectivity index (χ0v) is 11.4.